The van der Waals surface area contributed by atoms with Crippen molar-refractivity contribution in [3.63, 3.8) is 0 Å². The van der Waals surface area contributed by atoms with Gasteiger partial charge in [0.2, 0.25) is 0 Å². The van der Waals surface area contributed by atoms with Crippen LogP contribution < -0.4 is 10.0 Å². The highest BCUT2D eigenvalue weighted by Crippen LogP contribution is 2.36. The lowest BCUT2D eigenvalue weighted by Crippen LogP contribution is -2.29. The molecule has 0 radical (unpaired) electrons. The van der Waals surface area contributed by atoms with Crippen molar-refractivity contribution >= 4 is 33.0 Å². The van der Waals surface area contributed by atoms with E-state index in [0.717, 1.165) is 11.1 Å². The molecular formula is C15H15ClN2O2S. The van der Waals surface area contributed by atoms with Crippen molar-refractivity contribution in [1.82, 2.24) is 0 Å². The van der Waals surface area contributed by atoms with Gasteiger partial charge in [0.15, 0.2) is 0 Å². The Morgan fingerprint density at radius 3 is 2.71 bits per heavy atom. The third kappa shape index (κ3) is 2.26. The van der Waals surface area contributed by atoms with Crippen LogP contribution >= 0.6 is 11.6 Å². The number of nitrogen functional groups attached to an aromatic ring is 1. The summed E-state index contributed by atoms with van der Waals surface area (Å²) >= 11 is 6.13. The van der Waals surface area contributed by atoms with Crippen molar-refractivity contribution in [2.45, 2.75) is 18.2 Å². The first-order valence-electron chi connectivity index (χ1n) is 6.57. The van der Waals surface area contributed by atoms with Crippen LogP contribution in [0, 0.1) is 6.92 Å². The number of anilines is 2. The zero-order valence-electron chi connectivity index (χ0n) is 11.5. The summed E-state index contributed by atoms with van der Waals surface area (Å²) in [6.07, 6.45) is 0.703. The van der Waals surface area contributed by atoms with Gasteiger partial charge in [-0.25, -0.2) is 8.42 Å². The second-order valence-electron chi connectivity index (χ2n) is 5.10. The Kier molecular flexibility index (Phi) is 3.34. The molecule has 1 aliphatic rings. The fraction of sp³-hybridized carbons (Fsp3) is 0.200. The number of para-hydroxylation sites is 1. The SMILES string of the molecule is Cc1cc(Cl)c(S(=O)(=O)N2CCc3ccccc32)cc1N. The van der Waals surface area contributed by atoms with Crippen LogP contribution in [0.5, 0.6) is 0 Å². The Hall–Kier alpha value is -1.72. The standard InChI is InChI=1S/C15H15ClN2O2S/c1-10-8-12(16)15(9-13(10)17)21(19,20)18-7-6-11-4-2-3-5-14(11)18/h2-5,8-9H,6-7,17H2,1H3. The summed E-state index contributed by atoms with van der Waals surface area (Å²) in [5, 5.41) is 0.200. The highest BCUT2D eigenvalue weighted by molar-refractivity contribution is 7.93. The minimum atomic E-state index is -3.70. The zero-order valence-corrected chi connectivity index (χ0v) is 13.1. The van der Waals surface area contributed by atoms with Crippen molar-refractivity contribution in [3.8, 4) is 0 Å². The summed E-state index contributed by atoms with van der Waals surface area (Å²) in [4.78, 5) is 0.0592. The highest BCUT2D eigenvalue weighted by Gasteiger charge is 2.32. The summed E-state index contributed by atoms with van der Waals surface area (Å²) < 4.78 is 27.1. The van der Waals surface area contributed by atoms with Crippen molar-refractivity contribution in [1.29, 1.82) is 0 Å². The van der Waals surface area contributed by atoms with Gasteiger partial charge in [-0.05, 0) is 42.7 Å². The minimum absolute atomic E-state index is 0.0592. The maximum Gasteiger partial charge on any atom is 0.265 e. The zero-order chi connectivity index (χ0) is 15.2. The van der Waals surface area contributed by atoms with E-state index in [1.54, 1.807) is 13.0 Å². The molecule has 0 spiro atoms. The van der Waals surface area contributed by atoms with Gasteiger partial charge >= 0.3 is 0 Å². The molecule has 1 heterocycles. The summed E-state index contributed by atoms with van der Waals surface area (Å²) in [5.74, 6) is 0. The molecule has 2 aromatic rings. The number of nitrogens with zero attached hydrogens (tertiary/aromatic N) is 1. The van der Waals surface area contributed by atoms with Crippen molar-refractivity contribution in [3.05, 3.63) is 52.5 Å². The number of sulfonamides is 1. The van der Waals surface area contributed by atoms with E-state index in [9.17, 15) is 8.42 Å². The predicted molar refractivity (Wildman–Crippen MR) is 85.3 cm³/mol. The van der Waals surface area contributed by atoms with E-state index in [2.05, 4.69) is 0 Å². The molecule has 4 nitrogen and oxygen atoms in total. The first-order chi connectivity index (χ1) is 9.91. The molecule has 0 saturated heterocycles. The van der Waals surface area contributed by atoms with Gasteiger partial charge in [0.25, 0.3) is 10.0 Å². The summed E-state index contributed by atoms with van der Waals surface area (Å²) in [5.41, 5.74) is 8.76. The lowest BCUT2D eigenvalue weighted by atomic mass is 10.2. The van der Waals surface area contributed by atoms with Gasteiger partial charge in [0, 0.05) is 12.2 Å². The fourth-order valence-electron chi connectivity index (χ4n) is 2.54. The number of hydrogen-bond donors (Lipinski definition) is 1. The van der Waals surface area contributed by atoms with Crippen LogP contribution in [0.1, 0.15) is 11.1 Å². The van der Waals surface area contributed by atoms with Crippen molar-refractivity contribution in [2.24, 2.45) is 0 Å². The quantitative estimate of drug-likeness (QED) is 0.864. The first kappa shape index (κ1) is 14.2. The maximum absolute atomic E-state index is 12.9. The second-order valence-corrected chi connectivity index (χ2v) is 7.33. The van der Waals surface area contributed by atoms with E-state index in [0.29, 0.717) is 24.3 Å². The molecule has 110 valence electrons. The summed E-state index contributed by atoms with van der Waals surface area (Å²) in [6.45, 7) is 2.22. The molecule has 0 amide bonds. The molecule has 0 aromatic heterocycles. The Morgan fingerprint density at radius 2 is 1.95 bits per heavy atom. The molecule has 0 fully saturated rings. The number of halogens is 1. The van der Waals surface area contributed by atoms with Gasteiger partial charge in [-0.3, -0.25) is 4.31 Å². The molecular weight excluding hydrogens is 308 g/mol. The van der Waals surface area contributed by atoms with Crippen LogP contribution in [0.15, 0.2) is 41.3 Å². The van der Waals surface area contributed by atoms with E-state index >= 15 is 0 Å². The largest absolute Gasteiger partial charge is 0.398 e. The molecule has 2 N–H and O–H groups in total. The number of fused-ring (bicyclic) bond motifs is 1. The second kappa shape index (κ2) is 4.93. The molecule has 0 bridgehead atoms. The molecule has 0 atom stereocenters. The van der Waals surface area contributed by atoms with Crippen LogP contribution in [0.3, 0.4) is 0 Å². The van der Waals surface area contributed by atoms with Gasteiger partial charge in [0.05, 0.1) is 10.7 Å². The molecule has 2 aromatic carbocycles. The number of hydrogen-bond acceptors (Lipinski definition) is 3. The predicted octanol–water partition coefficient (Wildman–Crippen LogP) is 2.98. The number of rotatable bonds is 2. The van der Waals surface area contributed by atoms with Crippen LogP contribution in [0.25, 0.3) is 0 Å². The monoisotopic (exact) mass is 322 g/mol. The van der Waals surface area contributed by atoms with Crippen LogP contribution in [0.4, 0.5) is 11.4 Å². The maximum atomic E-state index is 12.9. The molecule has 0 aliphatic carbocycles. The summed E-state index contributed by atoms with van der Waals surface area (Å²) in [6, 6.07) is 10.5. The Morgan fingerprint density at radius 1 is 1.24 bits per heavy atom. The van der Waals surface area contributed by atoms with Crippen LogP contribution in [0.2, 0.25) is 5.02 Å². The van der Waals surface area contributed by atoms with E-state index in [-0.39, 0.29) is 9.92 Å². The van der Waals surface area contributed by atoms with Gasteiger partial charge in [-0.15, -0.1) is 0 Å². The van der Waals surface area contributed by atoms with E-state index in [1.165, 1.54) is 10.4 Å². The Bertz CT molecular complexity index is 818. The van der Waals surface area contributed by atoms with E-state index in [1.807, 2.05) is 24.3 Å². The van der Waals surface area contributed by atoms with Gasteiger partial charge in [-0.1, -0.05) is 29.8 Å². The fourth-order valence-corrected chi connectivity index (χ4v) is 4.64. The smallest absolute Gasteiger partial charge is 0.265 e. The highest BCUT2D eigenvalue weighted by atomic mass is 35.5. The van der Waals surface area contributed by atoms with E-state index in [4.69, 9.17) is 17.3 Å². The van der Waals surface area contributed by atoms with Gasteiger partial charge in [0.1, 0.15) is 4.90 Å². The Labute approximate surface area is 129 Å². The third-order valence-corrected chi connectivity index (χ3v) is 6.01. The third-order valence-electron chi connectivity index (χ3n) is 3.73. The topological polar surface area (TPSA) is 63.4 Å². The first-order valence-corrected chi connectivity index (χ1v) is 8.39. The van der Waals surface area contributed by atoms with Crippen molar-refractivity contribution in [2.75, 3.05) is 16.6 Å². The lowest BCUT2D eigenvalue weighted by molar-refractivity contribution is 0.592. The summed E-state index contributed by atoms with van der Waals surface area (Å²) in [7, 11) is -3.70. The van der Waals surface area contributed by atoms with Crippen molar-refractivity contribution < 1.29 is 8.42 Å². The molecule has 0 unspecified atom stereocenters. The molecule has 1 aliphatic heterocycles. The van der Waals surface area contributed by atoms with E-state index < -0.39 is 10.0 Å². The van der Waals surface area contributed by atoms with Gasteiger partial charge < -0.3 is 5.73 Å². The molecule has 6 heteroatoms. The average Bonchev–Trinajstić information content (AvgIpc) is 2.87. The minimum Gasteiger partial charge on any atom is -0.398 e. The molecule has 0 saturated carbocycles. The molecule has 21 heavy (non-hydrogen) atoms. The lowest BCUT2D eigenvalue weighted by Gasteiger charge is -2.20. The number of nitrogens with two attached hydrogens (primary N) is 1. The van der Waals surface area contributed by atoms with Crippen LogP contribution in [-0.2, 0) is 16.4 Å². The number of aryl methyl sites for hydroxylation is 1. The molecule has 3 rings (SSSR count). The van der Waals surface area contributed by atoms with Gasteiger partial charge in [-0.2, -0.15) is 0 Å². The normalized spacial score (nSPS) is 14.3. The van der Waals surface area contributed by atoms with Crippen LogP contribution in [-0.4, -0.2) is 15.0 Å². The number of benzene rings is 2. The average molecular weight is 323 g/mol. The Balaban J connectivity index is 2.13.